The Morgan fingerprint density at radius 3 is 2.45 bits per heavy atom. The predicted molar refractivity (Wildman–Crippen MR) is 109 cm³/mol. The second kappa shape index (κ2) is 6.34. The molecule has 1 N–H and O–H groups in total. The molecule has 0 radical (unpaired) electrons. The van der Waals surface area contributed by atoms with E-state index in [1.807, 2.05) is 6.07 Å². The van der Waals surface area contributed by atoms with Crippen LogP contribution in [0.1, 0.15) is 64.0 Å². The summed E-state index contributed by atoms with van der Waals surface area (Å²) in [5.41, 5.74) is 5.63. The largest absolute Gasteiger partial charge is 0.316 e. The maximum Gasteiger partial charge on any atom is 0.293 e. The summed E-state index contributed by atoms with van der Waals surface area (Å²) < 4.78 is 0. The van der Waals surface area contributed by atoms with E-state index in [4.69, 9.17) is 9.97 Å². The molecule has 1 aromatic heterocycles. The monoisotopic (exact) mass is 388 g/mol. The van der Waals surface area contributed by atoms with Gasteiger partial charge in [0.05, 0.1) is 27.3 Å². The summed E-state index contributed by atoms with van der Waals surface area (Å²) in [5.74, 6) is 0.618. The Labute approximate surface area is 167 Å². The minimum Gasteiger partial charge on any atom is -0.316 e. The number of anilines is 1. The Hall–Kier alpha value is -3.35. The number of fused-ring (bicyclic) bond motifs is 6. The van der Waals surface area contributed by atoms with Crippen molar-refractivity contribution in [3.05, 3.63) is 68.5 Å². The maximum atomic E-state index is 12.8. The van der Waals surface area contributed by atoms with E-state index in [2.05, 4.69) is 5.32 Å². The lowest BCUT2D eigenvalue weighted by Gasteiger charge is -2.14. The lowest BCUT2D eigenvalue weighted by Crippen LogP contribution is -2.14. The van der Waals surface area contributed by atoms with Crippen LogP contribution in [0.25, 0.3) is 11.0 Å². The molecule has 2 aliphatic rings. The summed E-state index contributed by atoms with van der Waals surface area (Å²) >= 11 is 0. The molecule has 29 heavy (non-hydrogen) atoms. The number of aromatic nitrogens is 2. The molecule has 0 aliphatic heterocycles. The molecule has 2 bridgehead atoms. The number of carbonyl (C=O) groups excluding carboxylic acids is 1. The topological polar surface area (TPSA) is 98.0 Å². The van der Waals surface area contributed by atoms with Gasteiger partial charge in [-0.05, 0) is 62.4 Å². The second-order valence-electron chi connectivity index (χ2n) is 8.09. The summed E-state index contributed by atoms with van der Waals surface area (Å²) in [7, 11) is 0. The van der Waals surface area contributed by atoms with Crippen molar-refractivity contribution in [3.8, 4) is 0 Å². The van der Waals surface area contributed by atoms with Crippen LogP contribution in [0.2, 0.25) is 0 Å². The van der Waals surface area contributed by atoms with Crippen LogP contribution in [-0.2, 0) is 0 Å². The van der Waals surface area contributed by atoms with Crippen molar-refractivity contribution in [2.24, 2.45) is 0 Å². The molecule has 1 heterocycles. The molecule has 146 valence electrons. The number of benzene rings is 2. The van der Waals surface area contributed by atoms with Crippen molar-refractivity contribution >= 4 is 28.3 Å². The number of amides is 1. The van der Waals surface area contributed by atoms with E-state index in [0.717, 1.165) is 35.3 Å². The molecule has 2 unspecified atom stereocenters. The molecule has 1 saturated carbocycles. The minimum absolute atomic E-state index is 0.106. The molecular weight excluding hydrogens is 368 g/mol. The van der Waals surface area contributed by atoms with Gasteiger partial charge in [0, 0.05) is 23.5 Å². The Morgan fingerprint density at radius 1 is 1.07 bits per heavy atom. The first-order chi connectivity index (χ1) is 13.9. The van der Waals surface area contributed by atoms with E-state index in [1.165, 1.54) is 12.5 Å². The van der Waals surface area contributed by atoms with Crippen molar-refractivity contribution in [2.45, 2.75) is 44.9 Å². The van der Waals surface area contributed by atoms with Crippen LogP contribution in [0, 0.1) is 24.0 Å². The second-order valence-corrected chi connectivity index (χ2v) is 8.09. The fraction of sp³-hybridized carbons (Fsp3) is 0.318. The SMILES string of the molecule is Cc1cc(C)c(NC(=O)c2ccc3nc4c(nc3c2)C2CCC4C2)c([N+](=O)[O-])c1. The van der Waals surface area contributed by atoms with Gasteiger partial charge in [-0.25, -0.2) is 9.97 Å². The number of hydrogen-bond acceptors (Lipinski definition) is 5. The number of nitrogens with zero attached hydrogens (tertiary/aromatic N) is 3. The number of nitro groups is 1. The van der Waals surface area contributed by atoms with Crippen molar-refractivity contribution in [1.29, 1.82) is 0 Å². The van der Waals surface area contributed by atoms with Crippen molar-refractivity contribution in [1.82, 2.24) is 9.97 Å². The average Bonchev–Trinajstić information content (AvgIpc) is 3.30. The highest BCUT2D eigenvalue weighted by Gasteiger charge is 2.39. The molecule has 7 nitrogen and oxygen atoms in total. The van der Waals surface area contributed by atoms with E-state index < -0.39 is 10.8 Å². The number of nitrogens with one attached hydrogen (secondary N) is 1. The normalized spacial score (nSPS) is 19.4. The third-order valence-electron chi connectivity index (χ3n) is 6.08. The first-order valence-electron chi connectivity index (χ1n) is 9.79. The average molecular weight is 388 g/mol. The third kappa shape index (κ3) is 2.85. The highest BCUT2D eigenvalue weighted by molar-refractivity contribution is 6.07. The highest BCUT2D eigenvalue weighted by atomic mass is 16.6. The van der Waals surface area contributed by atoms with Gasteiger partial charge in [-0.1, -0.05) is 6.07 Å². The van der Waals surface area contributed by atoms with Gasteiger partial charge in [0.2, 0.25) is 0 Å². The first kappa shape index (κ1) is 17.7. The fourth-order valence-electron chi connectivity index (χ4n) is 4.74. The maximum absolute atomic E-state index is 12.8. The van der Waals surface area contributed by atoms with E-state index in [-0.39, 0.29) is 11.4 Å². The Morgan fingerprint density at radius 2 is 1.76 bits per heavy atom. The highest BCUT2D eigenvalue weighted by Crippen LogP contribution is 2.51. The number of nitro benzene ring substituents is 1. The zero-order chi connectivity index (χ0) is 20.3. The Kier molecular flexibility index (Phi) is 3.87. The van der Waals surface area contributed by atoms with E-state index in [0.29, 0.717) is 28.5 Å². The molecule has 5 rings (SSSR count). The molecule has 0 spiro atoms. The van der Waals surface area contributed by atoms with Crippen molar-refractivity contribution < 1.29 is 9.72 Å². The first-order valence-corrected chi connectivity index (χ1v) is 9.79. The van der Waals surface area contributed by atoms with Gasteiger partial charge in [0.25, 0.3) is 11.6 Å². The van der Waals surface area contributed by atoms with Gasteiger partial charge in [-0.3, -0.25) is 14.9 Å². The number of rotatable bonds is 3. The number of hydrogen-bond donors (Lipinski definition) is 1. The van der Waals surface area contributed by atoms with Gasteiger partial charge in [0.1, 0.15) is 5.69 Å². The lowest BCUT2D eigenvalue weighted by atomic mass is 10.00. The van der Waals surface area contributed by atoms with E-state index >= 15 is 0 Å². The zero-order valence-electron chi connectivity index (χ0n) is 16.2. The minimum atomic E-state index is -0.472. The van der Waals surface area contributed by atoms with Crippen LogP contribution >= 0.6 is 0 Å². The smallest absolute Gasteiger partial charge is 0.293 e. The van der Waals surface area contributed by atoms with Gasteiger partial charge in [0.15, 0.2) is 0 Å². The molecule has 7 heteroatoms. The molecule has 3 aromatic rings. The van der Waals surface area contributed by atoms with Crippen LogP contribution in [0.5, 0.6) is 0 Å². The van der Waals surface area contributed by atoms with E-state index in [1.54, 1.807) is 32.0 Å². The summed E-state index contributed by atoms with van der Waals surface area (Å²) in [6.45, 7) is 3.54. The number of carbonyl (C=O) groups is 1. The molecule has 1 fully saturated rings. The van der Waals surface area contributed by atoms with Crippen molar-refractivity contribution in [2.75, 3.05) is 5.32 Å². The van der Waals surface area contributed by atoms with Crippen LogP contribution < -0.4 is 5.32 Å². The van der Waals surface area contributed by atoms with Gasteiger partial charge in [-0.2, -0.15) is 0 Å². The summed E-state index contributed by atoms with van der Waals surface area (Å²) in [4.78, 5) is 33.4. The quantitative estimate of drug-likeness (QED) is 0.515. The molecule has 1 amide bonds. The van der Waals surface area contributed by atoms with Crippen LogP contribution in [0.15, 0.2) is 30.3 Å². The molecule has 2 aromatic carbocycles. The van der Waals surface area contributed by atoms with Crippen LogP contribution in [0.3, 0.4) is 0 Å². The van der Waals surface area contributed by atoms with Crippen molar-refractivity contribution in [3.63, 3.8) is 0 Å². The molecule has 0 saturated heterocycles. The molecule has 2 atom stereocenters. The third-order valence-corrected chi connectivity index (χ3v) is 6.08. The summed E-state index contributed by atoms with van der Waals surface area (Å²) in [5, 5.41) is 14.1. The number of aryl methyl sites for hydroxylation is 2. The van der Waals surface area contributed by atoms with E-state index in [9.17, 15) is 14.9 Å². The lowest BCUT2D eigenvalue weighted by molar-refractivity contribution is -0.384. The molecule has 2 aliphatic carbocycles. The summed E-state index contributed by atoms with van der Waals surface area (Å²) in [6, 6.07) is 8.50. The Balaban J connectivity index is 1.50. The summed E-state index contributed by atoms with van der Waals surface area (Å²) in [6.07, 6.45) is 3.48. The van der Waals surface area contributed by atoms with Gasteiger partial charge in [-0.15, -0.1) is 0 Å². The standard InChI is InChI=1S/C22H20N4O3/c1-11-7-12(2)19(18(8-11)26(28)29)25-22(27)15-5-6-16-17(10-15)24-21-14-4-3-13(9-14)20(21)23-16/h5-8,10,13-14H,3-4,9H2,1-2H3,(H,25,27). The van der Waals surface area contributed by atoms with Gasteiger partial charge >= 0.3 is 0 Å². The predicted octanol–water partition coefficient (Wildman–Crippen LogP) is 4.77. The zero-order valence-corrected chi connectivity index (χ0v) is 16.2. The molecular formula is C22H20N4O3. The Bertz CT molecular complexity index is 1200. The van der Waals surface area contributed by atoms with Crippen LogP contribution in [-0.4, -0.2) is 20.8 Å². The van der Waals surface area contributed by atoms with Crippen LogP contribution in [0.4, 0.5) is 11.4 Å². The van der Waals surface area contributed by atoms with Gasteiger partial charge < -0.3 is 5.32 Å². The fourth-order valence-corrected chi connectivity index (χ4v) is 4.74.